The van der Waals surface area contributed by atoms with Crippen LogP contribution >= 0.6 is 0 Å². The van der Waals surface area contributed by atoms with Gasteiger partial charge in [-0.1, -0.05) is 6.42 Å². The predicted octanol–water partition coefficient (Wildman–Crippen LogP) is 1.52. The summed E-state index contributed by atoms with van der Waals surface area (Å²) in [7, 11) is 0. The largest absolute Gasteiger partial charge is 0.459 e. The van der Waals surface area contributed by atoms with E-state index in [1.807, 2.05) is 24.9 Å². The van der Waals surface area contributed by atoms with Crippen LogP contribution in [0, 0.1) is 5.92 Å². The molecule has 7 heteroatoms. The summed E-state index contributed by atoms with van der Waals surface area (Å²) in [5.41, 5.74) is 1.32. The molecule has 2 saturated heterocycles. The molecule has 1 aromatic heterocycles. The molecular formula is C19H26N4O3. The summed E-state index contributed by atoms with van der Waals surface area (Å²) in [6.07, 6.45) is 6.26. The summed E-state index contributed by atoms with van der Waals surface area (Å²) >= 11 is 0. The molecule has 4 rings (SSSR count). The van der Waals surface area contributed by atoms with Gasteiger partial charge in [0.15, 0.2) is 0 Å². The average Bonchev–Trinajstić information content (AvgIpc) is 2.93. The SMILES string of the molecule is CC1(C)OC(=O)C[C@@H]1C(=O)N1CCc2nc([C@H]3CCCCN3)ncc2C1. The van der Waals surface area contributed by atoms with E-state index in [0.29, 0.717) is 13.1 Å². The van der Waals surface area contributed by atoms with Crippen LogP contribution in [0.2, 0.25) is 0 Å². The lowest BCUT2D eigenvalue weighted by Gasteiger charge is -2.33. The van der Waals surface area contributed by atoms with Crippen LogP contribution < -0.4 is 5.32 Å². The van der Waals surface area contributed by atoms with Crippen LogP contribution in [0.1, 0.15) is 62.7 Å². The first-order valence-electron chi connectivity index (χ1n) is 9.53. The zero-order chi connectivity index (χ0) is 18.3. The monoisotopic (exact) mass is 358 g/mol. The molecule has 2 atom stereocenters. The van der Waals surface area contributed by atoms with Gasteiger partial charge in [-0.25, -0.2) is 9.97 Å². The number of fused-ring (bicyclic) bond motifs is 1. The molecule has 1 aromatic rings. The molecule has 0 radical (unpaired) electrons. The van der Waals surface area contributed by atoms with Gasteiger partial charge in [-0.05, 0) is 33.2 Å². The van der Waals surface area contributed by atoms with Crippen molar-refractivity contribution < 1.29 is 14.3 Å². The molecule has 3 aliphatic heterocycles. The lowest BCUT2D eigenvalue weighted by molar-refractivity contribution is -0.149. The van der Waals surface area contributed by atoms with Crippen LogP contribution in [0.4, 0.5) is 0 Å². The Hall–Kier alpha value is -2.02. The van der Waals surface area contributed by atoms with E-state index in [9.17, 15) is 9.59 Å². The summed E-state index contributed by atoms with van der Waals surface area (Å²) in [6, 6.07) is 0.246. The quantitative estimate of drug-likeness (QED) is 0.807. The van der Waals surface area contributed by atoms with Gasteiger partial charge < -0.3 is 15.0 Å². The first-order chi connectivity index (χ1) is 12.4. The molecule has 0 saturated carbocycles. The maximum Gasteiger partial charge on any atom is 0.307 e. The second-order valence-corrected chi connectivity index (χ2v) is 8.05. The maximum absolute atomic E-state index is 12.9. The molecule has 1 N–H and O–H groups in total. The summed E-state index contributed by atoms with van der Waals surface area (Å²) in [5, 5.41) is 3.48. The van der Waals surface area contributed by atoms with Gasteiger partial charge in [-0.2, -0.15) is 0 Å². The van der Waals surface area contributed by atoms with Gasteiger partial charge in [-0.15, -0.1) is 0 Å². The fourth-order valence-corrected chi connectivity index (χ4v) is 4.18. The highest BCUT2D eigenvalue weighted by atomic mass is 16.6. The number of carbonyl (C=O) groups is 2. The molecule has 0 spiro atoms. The van der Waals surface area contributed by atoms with Crippen LogP contribution in [0.3, 0.4) is 0 Å². The summed E-state index contributed by atoms with van der Waals surface area (Å²) in [4.78, 5) is 35.7. The third-order valence-electron chi connectivity index (χ3n) is 5.77. The smallest absolute Gasteiger partial charge is 0.307 e. The molecule has 2 fully saturated rings. The number of ether oxygens (including phenoxy) is 1. The maximum atomic E-state index is 12.9. The summed E-state index contributed by atoms with van der Waals surface area (Å²) < 4.78 is 5.31. The number of aromatic nitrogens is 2. The van der Waals surface area contributed by atoms with Crippen molar-refractivity contribution in [3.63, 3.8) is 0 Å². The van der Waals surface area contributed by atoms with E-state index in [-0.39, 0.29) is 24.3 Å². The third kappa shape index (κ3) is 3.20. The Bertz CT molecular complexity index is 727. The Morgan fingerprint density at radius 3 is 2.92 bits per heavy atom. The molecule has 1 amide bonds. The third-order valence-corrected chi connectivity index (χ3v) is 5.77. The van der Waals surface area contributed by atoms with Crippen molar-refractivity contribution in [2.45, 2.75) is 64.1 Å². The van der Waals surface area contributed by atoms with Gasteiger partial charge >= 0.3 is 5.97 Å². The molecule has 4 heterocycles. The van der Waals surface area contributed by atoms with Crippen LogP contribution in [0.5, 0.6) is 0 Å². The van der Waals surface area contributed by atoms with Crippen molar-refractivity contribution in [3.05, 3.63) is 23.3 Å². The van der Waals surface area contributed by atoms with Gasteiger partial charge in [0.05, 0.1) is 24.1 Å². The topological polar surface area (TPSA) is 84.4 Å². The standard InChI is InChI=1S/C19H26N4O3/c1-19(2)13(9-16(24)26-19)18(25)23-8-6-14-12(11-23)10-21-17(22-14)15-5-3-4-7-20-15/h10,13,15,20H,3-9,11H2,1-2H3/t13-,15-/m1/s1. The van der Waals surface area contributed by atoms with Crippen LogP contribution in [-0.2, 0) is 27.3 Å². The fraction of sp³-hybridized carbons (Fsp3) is 0.684. The summed E-state index contributed by atoms with van der Waals surface area (Å²) in [5.74, 6) is 0.158. The van der Waals surface area contributed by atoms with Crippen molar-refractivity contribution in [1.29, 1.82) is 0 Å². The minimum Gasteiger partial charge on any atom is -0.459 e. The Morgan fingerprint density at radius 2 is 2.23 bits per heavy atom. The van der Waals surface area contributed by atoms with Crippen LogP contribution in [-0.4, -0.2) is 45.4 Å². The number of cyclic esters (lactones) is 1. The van der Waals surface area contributed by atoms with Gasteiger partial charge in [-0.3, -0.25) is 9.59 Å². The predicted molar refractivity (Wildman–Crippen MR) is 94.0 cm³/mol. The second kappa shape index (κ2) is 6.61. The highest BCUT2D eigenvalue weighted by Gasteiger charge is 2.47. The average molecular weight is 358 g/mol. The van der Waals surface area contributed by atoms with E-state index in [4.69, 9.17) is 9.72 Å². The molecule has 0 bridgehead atoms. The number of hydrogen-bond acceptors (Lipinski definition) is 6. The van der Waals surface area contributed by atoms with E-state index in [1.165, 1.54) is 12.8 Å². The van der Waals surface area contributed by atoms with Crippen molar-refractivity contribution in [1.82, 2.24) is 20.2 Å². The number of nitrogens with zero attached hydrogens (tertiary/aromatic N) is 3. The molecular weight excluding hydrogens is 332 g/mol. The first-order valence-corrected chi connectivity index (χ1v) is 9.53. The fourth-order valence-electron chi connectivity index (χ4n) is 4.18. The molecule has 0 aromatic carbocycles. The zero-order valence-electron chi connectivity index (χ0n) is 15.5. The van der Waals surface area contributed by atoms with Gasteiger partial charge in [0, 0.05) is 31.3 Å². The van der Waals surface area contributed by atoms with E-state index < -0.39 is 11.5 Å². The molecule has 140 valence electrons. The van der Waals surface area contributed by atoms with E-state index >= 15 is 0 Å². The minimum absolute atomic E-state index is 0.00970. The van der Waals surface area contributed by atoms with E-state index in [2.05, 4.69) is 10.3 Å². The Morgan fingerprint density at radius 1 is 1.38 bits per heavy atom. The number of esters is 1. The van der Waals surface area contributed by atoms with Gasteiger partial charge in [0.1, 0.15) is 11.4 Å². The lowest BCUT2D eigenvalue weighted by Crippen LogP contribution is -2.45. The van der Waals surface area contributed by atoms with Crippen molar-refractivity contribution in [3.8, 4) is 0 Å². The molecule has 7 nitrogen and oxygen atoms in total. The Labute approximate surface area is 153 Å². The number of hydrogen-bond donors (Lipinski definition) is 1. The second-order valence-electron chi connectivity index (χ2n) is 8.05. The Kier molecular flexibility index (Phi) is 4.42. The Balaban J connectivity index is 1.48. The highest BCUT2D eigenvalue weighted by molar-refractivity contribution is 5.87. The minimum atomic E-state index is -0.735. The number of nitrogens with one attached hydrogen (secondary N) is 1. The van der Waals surface area contributed by atoms with Gasteiger partial charge in [0.2, 0.25) is 5.91 Å². The lowest BCUT2D eigenvalue weighted by atomic mass is 9.89. The van der Waals surface area contributed by atoms with E-state index in [1.54, 1.807) is 0 Å². The molecule has 0 unspecified atom stereocenters. The van der Waals surface area contributed by atoms with Crippen LogP contribution in [0.15, 0.2) is 6.20 Å². The van der Waals surface area contributed by atoms with Crippen molar-refractivity contribution in [2.24, 2.45) is 5.92 Å². The van der Waals surface area contributed by atoms with Crippen molar-refractivity contribution >= 4 is 11.9 Å². The number of rotatable bonds is 2. The first kappa shape index (κ1) is 17.4. The molecule has 3 aliphatic rings. The number of piperidine rings is 1. The molecule has 26 heavy (non-hydrogen) atoms. The van der Waals surface area contributed by atoms with Crippen LogP contribution in [0.25, 0.3) is 0 Å². The number of carbonyl (C=O) groups excluding carboxylic acids is 2. The normalized spacial score (nSPS) is 27.8. The van der Waals surface area contributed by atoms with Gasteiger partial charge in [0.25, 0.3) is 0 Å². The summed E-state index contributed by atoms with van der Waals surface area (Å²) in [6.45, 7) is 5.77. The number of amides is 1. The molecule has 0 aliphatic carbocycles. The van der Waals surface area contributed by atoms with Crippen molar-refractivity contribution in [2.75, 3.05) is 13.1 Å². The highest BCUT2D eigenvalue weighted by Crippen LogP contribution is 2.35. The zero-order valence-corrected chi connectivity index (χ0v) is 15.5. The van der Waals surface area contributed by atoms with E-state index in [0.717, 1.165) is 36.5 Å².